The van der Waals surface area contributed by atoms with Crippen LogP contribution in [0.2, 0.25) is 6.04 Å². The molecule has 0 radical (unpaired) electrons. The lowest BCUT2D eigenvalue weighted by Gasteiger charge is -2.16. The molecule has 1 fully saturated rings. The lowest BCUT2D eigenvalue weighted by atomic mass is 9.91. The number of carboxylic acids is 1. The Labute approximate surface area is 135 Å². The summed E-state index contributed by atoms with van der Waals surface area (Å²) in [6, 6.07) is 1.16. The van der Waals surface area contributed by atoms with E-state index >= 15 is 0 Å². The third-order valence-corrected chi connectivity index (χ3v) is 5.42. The van der Waals surface area contributed by atoms with Gasteiger partial charge >= 0.3 is 5.97 Å². The summed E-state index contributed by atoms with van der Waals surface area (Å²) in [7, 11) is 1.42. The fourth-order valence-electron chi connectivity index (χ4n) is 2.90. The molecule has 6 nitrogen and oxygen atoms in total. The molecule has 1 saturated heterocycles. The van der Waals surface area contributed by atoms with Crippen molar-refractivity contribution >= 4 is 21.6 Å². The van der Waals surface area contributed by atoms with Gasteiger partial charge in [0.2, 0.25) is 5.91 Å². The molecule has 1 heterocycles. The third kappa shape index (κ3) is 6.06. The fraction of sp³-hybridized carbons (Fsp3) is 0.867. The standard InChI is InChI=1S/C15H30N2O4Si/c1-3-4-6-12-13(15(19)20)11-17(14(12)18)9-8-16-7-5-10-22-21-2/h12-13,16H,3-11,22H2,1-2H3,(H,19,20). The van der Waals surface area contributed by atoms with Gasteiger partial charge in [0, 0.05) is 26.7 Å². The second kappa shape index (κ2) is 10.7. The number of nitrogens with zero attached hydrogens (tertiary/aromatic N) is 1. The zero-order valence-electron chi connectivity index (χ0n) is 13.8. The van der Waals surface area contributed by atoms with Crippen molar-refractivity contribution in [2.75, 3.05) is 33.3 Å². The molecule has 0 spiro atoms. The summed E-state index contributed by atoms with van der Waals surface area (Å²) in [5.41, 5.74) is 0. The van der Waals surface area contributed by atoms with Crippen molar-refractivity contribution in [3.05, 3.63) is 0 Å². The smallest absolute Gasteiger partial charge is 0.309 e. The van der Waals surface area contributed by atoms with Crippen LogP contribution >= 0.6 is 0 Å². The molecule has 0 bridgehead atoms. The molecule has 0 saturated carbocycles. The van der Waals surface area contributed by atoms with E-state index in [4.69, 9.17) is 4.43 Å². The van der Waals surface area contributed by atoms with Crippen LogP contribution in [-0.2, 0) is 14.0 Å². The Bertz CT molecular complexity index is 354. The second-order valence-electron chi connectivity index (χ2n) is 5.93. The highest BCUT2D eigenvalue weighted by Gasteiger charge is 2.43. The van der Waals surface area contributed by atoms with Crippen LogP contribution in [0.15, 0.2) is 0 Å². The highest BCUT2D eigenvalue weighted by Crippen LogP contribution is 2.29. The van der Waals surface area contributed by atoms with E-state index in [1.54, 1.807) is 12.0 Å². The molecular weight excluding hydrogens is 300 g/mol. The van der Waals surface area contributed by atoms with Crippen LogP contribution in [0, 0.1) is 11.8 Å². The molecular formula is C15H30N2O4Si. The number of amides is 1. The number of hydrogen-bond acceptors (Lipinski definition) is 4. The molecule has 1 aliphatic heterocycles. The van der Waals surface area contributed by atoms with Gasteiger partial charge in [0.1, 0.15) is 0 Å². The van der Waals surface area contributed by atoms with E-state index in [-0.39, 0.29) is 21.6 Å². The number of rotatable bonds is 12. The Kier molecular flexibility index (Phi) is 9.34. The molecule has 22 heavy (non-hydrogen) atoms. The summed E-state index contributed by atoms with van der Waals surface area (Å²) in [5.74, 6) is -1.68. The molecule has 2 unspecified atom stereocenters. The van der Waals surface area contributed by atoms with E-state index < -0.39 is 11.9 Å². The van der Waals surface area contributed by atoms with Crippen LogP contribution in [0.4, 0.5) is 0 Å². The topological polar surface area (TPSA) is 78.9 Å². The minimum absolute atomic E-state index is 0.0226. The molecule has 2 atom stereocenters. The number of nitrogens with one attached hydrogen (secondary N) is 1. The molecule has 0 aromatic heterocycles. The average Bonchev–Trinajstić information content (AvgIpc) is 2.81. The Balaban J connectivity index is 2.31. The first kappa shape index (κ1) is 19.1. The first-order chi connectivity index (χ1) is 10.6. The molecule has 1 rings (SSSR count). The van der Waals surface area contributed by atoms with E-state index in [0.717, 1.165) is 38.4 Å². The minimum Gasteiger partial charge on any atom is -0.481 e. The molecule has 0 aliphatic carbocycles. The van der Waals surface area contributed by atoms with Gasteiger partial charge in [-0.1, -0.05) is 19.8 Å². The van der Waals surface area contributed by atoms with Gasteiger partial charge in [0.05, 0.1) is 11.8 Å². The normalized spacial score (nSPS) is 22.1. The summed E-state index contributed by atoms with van der Waals surface area (Å²) < 4.78 is 5.12. The van der Waals surface area contributed by atoms with Gasteiger partial charge < -0.3 is 19.7 Å². The Hall–Kier alpha value is -0.923. The van der Waals surface area contributed by atoms with Crippen molar-refractivity contribution in [2.45, 2.75) is 38.7 Å². The molecule has 1 amide bonds. The second-order valence-corrected chi connectivity index (χ2v) is 7.62. The molecule has 7 heteroatoms. The van der Waals surface area contributed by atoms with Gasteiger partial charge in [-0.15, -0.1) is 0 Å². The predicted molar refractivity (Wildman–Crippen MR) is 88.6 cm³/mol. The zero-order chi connectivity index (χ0) is 16.4. The summed E-state index contributed by atoms with van der Waals surface area (Å²) in [5, 5.41) is 12.6. The van der Waals surface area contributed by atoms with Gasteiger partial charge in [-0.05, 0) is 25.4 Å². The summed E-state index contributed by atoms with van der Waals surface area (Å²) in [4.78, 5) is 25.4. The maximum atomic E-state index is 12.4. The van der Waals surface area contributed by atoms with Crippen LogP contribution in [0.5, 0.6) is 0 Å². The highest BCUT2D eigenvalue weighted by molar-refractivity contribution is 6.26. The van der Waals surface area contributed by atoms with Crippen LogP contribution in [0.25, 0.3) is 0 Å². The zero-order valence-corrected chi connectivity index (χ0v) is 15.3. The van der Waals surface area contributed by atoms with Gasteiger partial charge in [-0.25, -0.2) is 0 Å². The maximum Gasteiger partial charge on any atom is 0.309 e. The van der Waals surface area contributed by atoms with Crippen molar-refractivity contribution in [3.8, 4) is 0 Å². The molecule has 1 aliphatic rings. The number of hydrogen-bond donors (Lipinski definition) is 2. The molecule has 128 valence electrons. The number of carboxylic acid groups (broad SMARTS) is 1. The van der Waals surface area contributed by atoms with E-state index in [1.165, 1.54) is 0 Å². The predicted octanol–water partition coefficient (Wildman–Crippen LogP) is 0.464. The van der Waals surface area contributed by atoms with Gasteiger partial charge in [-0.2, -0.15) is 0 Å². The Morgan fingerprint density at radius 1 is 1.45 bits per heavy atom. The quantitative estimate of drug-likeness (QED) is 0.402. The minimum atomic E-state index is -0.838. The molecule has 0 aromatic rings. The number of unbranched alkanes of at least 4 members (excludes halogenated alkanes) is 1. The number of carbonyl (C=O) groups is 2. The van der Waals surface area contributed by atoms with Gasteiger partial charge in [0.15, 0.2) is 9.76 Å². The largest absolute Gasteiger partial charge is 0.481 e. The van der Waals surface area contributed by atoms with E-state index in [9.17, 15) is 14.7 Å². The first-order valence-corrected chi connectivity index (χ1v) is 9.90. The van der Waals surface area contributed by atoms with E-state index in [0.29, 0.717) is 19.5 Å². The third-order valence-electron chi connectivity index (χ3n) is 4.23. The van der Waals surface area contributed by atoms with Crippen LogP contribution < -0.4 is 5.32 Å². The summed E-state index contributed by atoms with van der Waals surface area (Å²) in [6.45, 7) is 4.68. The van der Waals surface area contributed by atoms with Crippen molar-refractivity contribution < 1.29 is 19.1 Å². The lowest BCUT2D eigenvalue weighted by Crippen LogP contribution is -2.34. The maximum absolute atomic E-state index is 12.4. The van der Waals surface area contributed by atoms with Crippen LogP contribution in [0.1, 0.15) is 32.6 Å². The Morgan fingerprint density at radius 2 is 2.23 bits per heavy atom. The van der Waals surface area contributed by atoms with Crippen molar-refractivity contribution in [1.29, 1.82) is 0 Å². The first-order valence-electron chi connectivity index (χ1n) is 8.33. The summed E-state index contributed by atoms with van der Waals surface area (Å²) >= 11 is 0. The van der Waals surface area contributed by atoms with Gasteiger partial charge in [-0.3, -0.25) is 9.59 Å². The average molecular weight is 331 g/mol. The SMILES string of the molecule is CCCCC1C(=O)N(CCNCCC[SiH2]OC)CC1C(=O)O. The van der Waals surface area contributed by atoms with E-state index in [1.807, 2.05) is 0 Å². The molecule has 0 aromatic carbocycles. The lowest BCUT2D eigenvalue weighted by molar-refractivity contribution is -0.144. The van der Waals surface area contributed by atoms with Gasteiger partial charge in [0.25, 0.3) is 0 Å². The van der Waals surface area contributed by atoms with Crippen LogP contribution in [0.3, 0.4) is 0 Å². The number of likely N-dealkylation sites (tertiary alicyclic amines) is 1. The monoisotopic (exact) mass is 330 g/mol. The van der Waals surface area contributed by atoms with E-state index in [2.05, 4.69) is 12.2 Å². The van der Waals surface area contributed by atoms with Crippen molar-refractivity contribution in [3.63, 3.8) is 0 Å². The summed E-state index contributed by atoms with van der Waals surface area (Å²) in [6.07, 6.45) is 3.70. The fourth-order valence-corrected chi connectivity index (χ4v) is 3.64. The number of carbonyl (C=O) groups excluding carboxylic acids is 1. The Morgan fingerprint density at radius 3 is 2.86 bits per heavy atom. The van der Waals surface area contributed by atoms with Crippen molar-refractivity contribution in [2.24, 2.45) is 11.8 Å². The van der Waals surface area contributed by atoms with Crippen LogP contribution in [-0.4, -0.2) is 64.9 Å². The highest BCUT2D eigenvalue weighted by atomic mass is 28.2. The number of aliphatic carboxylic acids is 1. The van der Waals surface area contributed by atoms with Crippen molar-refractivity contribution in [1.82, 2.24) is 10.2 Å². The molecule has 2 N–H and O–H groups in total.